The monoisotopic (exact) mass is 247 g/mol. The lowest BCUT2D eigenvalue weighted by atomic mass is 10.2. The molecule has 1 aromatic heterocycles. The quantitative estimate of drug-likeness (QED) is 0.874. The molecule has 0 spiro atoms. The average Bonchev–Trinajstić information content (AvgIpc) is 2.79. The number of carbonyl (C=O) groups is 1. The molecule has 2 rings (SSSR count). The van der Waals surface area contributed by atoms with E-state index in [2.05, 4.69) is 4.98 Å². The Balaban J connectivity index is 2.35. The zero-order chi connectivity index (χ0) is 13.1. The van der Waals surface area contributed by atoms with Gasteiger partial charge in [-0.1, -0.05) is 12.1 Å². The van der Waals surface area contributed by atoms with Crippen molar-refractivity contribution in [1.82, 2.24) is 4.98 Å². The van der Waals surface area contributed by atoms with E-state index in [0.717, 1.165) is 0 Å². The zero-order valence-corrected chi connectivity index (χ0v) is 9.98. The van der Waals surface area contributed by atoms with Crippen LogP contribution in [0, 0.1) is 5.82 Å². The van der Waals surface area contributed by atoms with Crippen molar-refractivity contribution in [3.8, 4) is 0 Å². The fraction of sp³-hybridized carbons (Fsp3) is 0.154. The normalized spacial score (nSPS) is 10.3. The van der Waals surface area contributed by atoms with Crippen LogP contribution in [-0.4, -0.2) is 17.4 Å². The van der Waals surface area contributed by atoms with E-state index >= 15 is 0 Å². The molecule has 2 aromatic rings. The molecule has 3 N–H and O–H groups in total. The fourth-order valence-corrected chi connectivity index (χ4v) is 1.77. The second-order valence-electron chi connectivity index (χ2n) is 3.85. The summed E-state index contributed by atoms with van der Waals surface area (Å²) in [5.74, 6) is -0.730. The van der Waals surface area contributed by atoms with E-state index in [1.165, 1.54) is 23.2 Å². The lowest BCUT2D eigenvalue weighted by molar-refractivity contribution is 0.0983. The van der Waals surface area contributed by atoms with E-state index in [1.54, 1.807) is 25.1 Å². The summed E-state index contributed by atoms with van der Waals surface area (Å²) in [6.45, 7) is 2.16. The number of carbonyl (C=O) groups excluding carboxylic acids is 1. The Morgan fingerprint density at radius 2 is 2.17 bits per heavy atom. The summed E-state index contributed by atoms with van der Waals surface area (Å²) in [7, 11) is 0. The number of hydrogen-bond donors (Lipinski definition) is 2. The minimum atomic E-state index is -0.424. The predicted molar refractivity (Wildman–Crippen MR) is 69.0 cm³/mol. The van der Waals surface area contributed by atoms with E-state index in [0.29, 0.717) is 17.9 Å². The van der Waals surface area contributed by atoms with Crippen LogP contribution in [-0.2, 0) is 0 Å². The Labute approximate surface area is 104 Å². The lowest BCUT2D eigenvalue weighted by Gasteiger charge is -2.20. The smallest absolute Gasteiger partial charge is 0.274 e. The Kier molecular flexibility index (Phi) is 3.32. The van der Waals surface area contributed by atoms with Crippen molar-refractivity contribution in [2.75, 3.05) is 17.2 Å². The first-order valence-corrected chi connectivity index (χ1v) is 5.63. The van der Waals surface area contributed by atoms with Crippen molar-refractivity contribution in [2.24, 2.45) is 0 Å². The lowest BCUT2D eigenvalue weighted by Crippen LogP contribution is -2.31. The average molecular weight is 247 g/mol. The van der Waals surface area contributed by atoms with Crippen molar-refractivity contribution in [1.29, 1.82) is 0 Å². The third-order valence-electron chi connectivity index (χ3n) is 2.64. The largest absolute Gasteiger partial charge is 0.397 e. The number of aromatic nitrogens is 1. The van der Waals surface area contributed by atoms with Gasteiger partial charge >= 0.3 is 0 Å². The number of amides is 1. The number of nitrogens with zero attached hydrogens (tertiary/aromatic N) is 1. The number of nitrogens with one attached hydrogen (secondary N) is 1. The van der Waals surface area contributed by atoms with Crippen molar-refractivity contribution in [2.45, 2.75) is 6.92 Å². The number of benzene rings is 1. The summed E-state index contributed by atoms with van der Waals surface area (Å²) in [5, 5.41) is 0. The van der Waals surface area contributed by atoms with Gasteiger partial charge in [-0.2, -0.15) is 0 Å². The molecule has 0 aliphatic heterocycles. The summed E-state index contributed by atoms with van der Waals surface area (Å²) >= 11 is 0. The van der Waals surface area contributed by atoms with Crippen molar-refractivity contribution < 1.29 is 9.18 Å². The molecule has 0 bridgehead atoms. The zero-order valence-electron chi connectivity index (χ0n) is 9.98. The summed E-state index contributed by atoms with van der Waals surface area (Å²) in [6, 6.07) is 7.71. The highest BCUT2D eigenvalue weighted by Crippen LogP contribution is 2.20. The van der Waals surface area contributed by atoms with Gasteiger partial charge in [0.25, 0.3) is 5.91 Å². The summed E-state index contributed by atoms with van der Waals surface area (Å²) < 4.78 is 13.7. The van der Waals surface area contributed by atoms with Gasteiger partial charge in [0.2, 0.25) is 0 Å². The highest BCUT2D eigenvalue weighted by atomic mass is 19.1. The van der Waals surface area contributed by atoms with Crippen LogP contribution in [0.4, 0.5) is 15.8 Å². The van der Waals surface area contributed by atoms with Gasteiger partial charge in [0.15, 0.2) is 0 Å². The number of nitrogens with two attached hydrogens (primary N) is 1. The SMILES string of the molecule is CCN(C(=O)c1cc(N)c[nH]1)c1ccccc1F. The molecular weight excluding hydrogens is 233 g/mol. The van der Waals surface area contributed by atoms with Crippen LogP contribution in [0.15, 0.2) is 36.5 Å². The molecule has 18 heavy (non-hydrogen) atoms. The van der Waals surface area contributed by atoms with Gasteiger partial charge in [-0.15, -0.1) is 0 Å². The highest BCUT2D eigenvalue weighted by molar-refractivity contribution is 6.05. The molecule has 5 heteroatoms. The third-order valence-corrected chi connectivity index (χ3v) is 2.64. The number of anilines is 2. The topological polar surface area (TPSA) is 62.1 Å². The molecular formula is C13H14FN3O. The molecule has 1 aromatic carbocycles. The highest BCUT2D eigenvalue weighted by Gasteiger charge is 2.19. The van der Waals surface area contributed by atoms with Crippen LogP contribution >= 0.6 is 0 Å². The predicted octanol–water partition coefficient (Wildman–Crippen LogP) is 2.40. The van der Waals surface area contributed by atoms with Gasteiger partial charge < -0.3 is 15.6 Å². The Morgan fingerprint density at radius 1 is 1.44 bits per heavy atom. The van der Waals surface area contributed by atoms with Gasteiger partial charge in [-0.05, 0) is 25.1 Å². The number of nitrogen functional groups attached to an aromatic ring is 1. The molecule has 94 valence electrons. The fourth-order valence-electron chi connectivity index (χ4n) is 1.77. The molecule has 0 atom stereocenters. The minimum absolute atomic E-state index is 0.262. The Bertz CT molecular complexity index is 565. The molecule has 4 nitrogen and oxygen atoms in total. The molecule has 0 aliphatic carbocycles. The van der Waals surface area contributed by atoms with E-state index in [-0.39, 0.29) is 11.6 Å². The van der Waals surface area contributed by atoms with Crippen molar-refractivity contribution in [3.05, 3.63) is 48.0 Å². The Morgan fingerprint density at radius 3 is 2.72 bits per heavy atom. The molecule has 1 amide bonds. The number of para-hydroxylation sites is 1. The molecule has 0 unspecified atom stereocenters. The number of rotatable bonds is 3. The van der Waals surface area contributed by atoms with Crippen LogP contribution < -0.4 is 10.6 Å². The van der Waals surface area contributed by atoms with Crippen LogP contribution in [0.5, 0.6) is 0 Å². The van der Waals surface area contributed by atoms with Gasteiger partial charge in [0.05, 0.1) is 5.69 Å². The third kappa shape index (κ3) is 2.20. The molecule has 0 radical (unpaired) electrons. The van der Waals surface area contributed by atoms with E-state index in [4.69, 9.17) is 5.73 Å². The van der Waals surface area contributed by atoms with Crippen LogP contribution in [0.2, 0.25) is 0 Å². The summed E-state index contributed by atoms with van der Waals surface area (Å²) in [6.07, 6.45) is 1.53. The molecule has 0 fully saturated rings. The summed E-state index contributed by atoms with van der Waals surface area (Å²) in [4.78, 5) is 16.3. The molecule has 0 saturated heterocycles. The Hall–Kier alpha value is -2.30. The first-order chi connectivity index (χ1) is 8.63. The van der Waals surface area contributed by atoms with Gasteiger partial charge in [0, 0.05) is 18.4 Å². The maximum Gasteiger partial charge on any atom is 0.274 e. The van der Waals surface area contributed by atoms with Crippen LogP contribution in [0.3, 0.4) is 0 Å². The van der Waals surface area contributed by atoms with Gasteiger partial charge in [-0.25, -0.2) is 4.39 Å². The number of halogens is 1. The second kappa shape index (κ2) is 4.91. The second-order valence-corrected chi connectivity index (χ2v) is 3.85. The summed E-state index contributed by atoms with van der Waals surface area (Å²) in [5.41, 5.74) is 6.63. The maximum atomic E-state index is 13.7. The van der Waals surface area contributed by atoms with E-state index < -0.39 is 5.82 Å². The van der Waals surface area contributed by atoms with E-state index in [9.17, 15) is 9.18 Å². The molecule has 0 aliphatic rings. The molecule has 0 saturated carbocycles. The number of hydrogen-bond acceptors (Lipinski definition) is 2. The molecule has 1 heterocycles. The van der Waals surface area contributed by atoms with Crippen molar-refractivity contribution >= 4 is 17.3 Å². The van der Waals surface area contributed by atoms with E-state index in [1.807, 2.05) is 0 Å². The number of aromatic amines is 1. The first-order valence-electron chi connectivity index (χ1n) is 5.63. The maximum absolute atomic E-state index is 13.7. The minimum Gasteiger partial charge on any atom is -0.397 e. The van der Waals surface area contributed by atoms with Crippen LogP contribution in [0.1, 0.15) is 17.4 Å². The van der Waals surface area contributed by atoms with Crippen LogP contribution in [0.25, 0.3) is 0 Å². The number of H-pyrrole nitrogens is 1. The standard InChI is InChI=1S/C13H14FN3O/c1-2-17(12-6-4-3-5-10(12)14)13(18)11-7-9(15)8-16-11/h3-8,16H,2,15H2,1H3. The first kappa shape index (κ1) is 12.2. The van der Waals surface area contributed by atoms with Gasteiger partial charge in [0.1, 0.15) is 11.5 Å². The van der Waals surface area contributed by atoms with Gasteiger partial charge in [-0.3, -0.25) is 4.79 Å². The van der Waals surface area contributed by atoms with Crippen molar-refractivity contribution in [3.63, 3.8) is 0 Å².